The van der Waals surface area contributed by atoms with Crippen LogP contribution >= 0.6 is 0 Å². The lowest BCUT2D eigenvalue weighted by Gasteiger charge is -2.10. The number of benzene rings is 1. The van der Waals surface area contributed by atoms with E-state index in [2.05, 4.69) is 24.4 Å². The van der Waals surface area contributed by atoms with Gasteiger partial charge in [0.05, 0.1) is 7.11 Å². The average molecular weight is 246 g/mol. The molecule has 2 rings (SSSR count). The fourth-order valence-electron chi connectivity index (χ4n) is 1.93. The lowest BCUT2D eigenvalue weighted by atomic mass is 10.1. The van der Waals surface area contributed by atoms with E-state index in [1.807, 2.05) is 31.2 Å². The van der Waals surface area contributed by atoms with Crippen molar-refractivity contribution in [3.63, 3.8) is 0 Å². The third kappa shape index (κ3) is 3.14. The highest BCUT2D eigenvalue weighted by Crippen LogP contribution is 2.15. The number of methoxy groups -OCH3 is 1. The first-order chi connectivity index (χ1) is 8.69. The molecule has 18 heavy (non-hydrogen) atoms. The third-order valence-corrected chi connectivity index (χ3v) is 3.11. The molecule has 0 aliphatic carbocycles. The van der Waals surface area contributed by atoms with E-state index in [9.17, 15) is 0 Å². The number of nitrogens with two attached hydrogens (primary N) is 1. The van der Waals surface area contributed by atoms with Crippen LogP contribution in [0.1, 0.15) is 30.0 Å². The van der Waals surface area contributed by atoms with E-state index < -0.39 is 0 Å². The van der Waals surface area contributed by atoms with Gasteiger partial charge in [-0.05, 0) is 50.2 Å². The summed E-state index contributed by atoms with van der Waals surface area (Å²) in [5.41, 5.74) is 1.29. The summed E-state index contributed by atoms with van der Waals surface area (Å²) in [6, 6.07) is 12.6. The summed E-state index contributed by atoms with van der Waals surface area (Å²) in [6.07, 6.45) is 0. The quantitative estimate of drug-likeness (QED) is 0.880. The van der Waals surface area contributed by atoms with E-state index in [1.54, 1.807) is 7.11 Å². The zero-order valence-corrected chi connectivity index (χ0v) is 11.1. The molecule has 0 aliphatic rings. The maximum absolute atomic E-state index is 5.56. The van der Waals surface area contributed by atoms with Crippen molar-refractivity contribution in [2.75, 3.05) is 7.11 Å². The van der Waals surface area contributed by atoms with Gasteiger partial charge in [0.2, 0.25) is 0 Å². The molecule has 1 heterocycles. The van der Waals surface area contributed by atoms with Crippen LogP contribution in [-0.2, 0) is 6.54 Å². The molecule has 2 aromatic rings. The van der Waals surface area contributed by atoms with E-state index in [0.717, 1.165) is 23.8 Å². The molecular formula is C15H20NO2+. The zero-order valence-electron chi connectivity index (χ0n) is 11.1. The summed E-state index contributed by atoms with van der Waals surface area (Å²) < 4.78 is 10.7. The molecule has 3 nitrogen and oxygen atoms in total. The smallest absolute Gasteiger partial charge is 0.158 e. The van der Waals surface area contributed by atoms with Gasteiger partial charge in [-0.3, -0.25) is 0 Å². The first-order valence-electron chi connectivity index (χ1n) is 6.21. The highest BCUT2D eigenvalue weighted by Gasteiger charge is 2.09. The van der Waals surface area contributed by atoms with Crippen LogP contribution in [0.5, 0.6) is 5.75 Å². The molecule has 0 fully saturated rings. The van der Waals surface area contributed by atoms with E-state index >= 15 is 0 Å². The number of ether oxygens (including phenoxy) is 1. The third-order valence-electron chi connectivity index (χ3n) is 3.11. The molecule has 1 aromatic carbocycles. The monoisotopic (exact) mass is 246 g/mol. The Hall–Kier alpha value is -1.74. The van der Waals surface area contributed by atoms with Crippen LogP contribution in [0, 0.1) is 6.92 Å². The molecule has 0 aliphatic heterocycles. The number of hydrogen-bond donors (Lipinski definition) is 1. The van der Waals surface area contributed by atoms with E-state index in [-0.39, 0.29) is 0 Å². The lowest BCUT2D eigenvalue weighted by Crippen LogP contribution is -2.82. The predicted octanol–water partition coefficient (Wildman–Crippen LogP) is 2.42. The summed E-state index contributed by atoms with van der Waals surface area (Å²) >= 11 is 0. The van der Waals surface area contributed by atoms with Crippen LogP contribution in [-0.4, -0.2) is 7.11 Å². The molecule has 0 amide bonds. The van der Waals surface area contributed by atoms with Gasteiger partial charge in [-0.1, -0.05) is 0 Å². The van der Waals surface area contributed by atoms with Crippen molar-refractivity contribution in [2.24, 2.45) is 0 Å². The number of aryl methyl sites for hydroxylation is 1. The Morgan fingerprint density at radius 2 is 1.89 bits per heavy atom. The SMILES string of the molecule is COc1ccc([C@H](C)[NH2+]Cc2ccc(C)o2)cc1. The van der Waals surface area contributed by atoms with Gasteiger partial charge in [0.15, 0.2) is 5.76 Å². The Balaban J connectivity index is 1.92. The van der Waals surface area contributed by atoms with Crippen molar-refractivity contribution in [2.45, 2.75) is 26.4 Å². The van der Waals surface area contributed by atoms with Crippen LogP contribution < -0.4 is 10.1 Å². The summed E-state index contributed by atoms with van der Waals surface area (Å²) in [6.45, 7) is 5.02. The van der Waals surface area contributed by atoms with Crippen molar-refractivity contribution in [3.05, 3.63) is 53.5 Å². The van der Waals surface area contributed by atoms with E-state index in [0.29, 0.717) is 6.04 Å². The minimum Gasteiger partial charge on any atom is -0.497 e. The molecule has 1 aromatic heterocycles. The van der Waals surface area contributed by atoms with Crippen molar-refractivity contribution >= 4 is 0 Å². The van der Waals surface area contributed by atoms with Crippen LogP contribution in [0.15, 0.2) is 40.8 Å². The lowest BCUT2D eigenvalue weighted by molar-refractivity contribution is -0.709. The molecule has 0 spiro atoms. The second-order valence-electron chi connectivity index (χ2n) is 4.51. The van der Waals surface area contributed by atoms with Crippen molar-refractivity contribution in [3.8, 4) is 5.75 Å². The summed E-state index contributed by atoms with van der Waals surface area (Å²) in [7, 11) is 1.68. The number of rotatable bonds is 5. The normalized spacial score (nSPS) is 12.4. The van der Waals surface area contributed by atoms with E-state index in [1.165, 1.54) is 5.56 Å². The second-order valence-corrected chi connectivity index (χ2v) is 4.51. The molecule has 0 unspecified atom stereocenters. The van der Waals surface area contributed by atoms with Crippen LogP contribution in [0.4, 0.5) is 0 Å². The van der Waals surface area contributed by atoms with Gasteiger partial charge in [0.1, 0.15) is 24.1 Å². The summed E-state index contributed by atoms with van der Waals surface area (Å²) in [4.78, 5) is 0. The summed E-state index contributed by atoms with van der Waals surface area (Å²) in [5.74, 6) is 2.89. The Morgan fingerprint density at radius 3 is 2.44 bits per heavy atom. The largest absolute Gasteiger partial charge is 0.497 e. The van der Waals surface area contributed by atoms with Gasteiger partial charge in [-0.25, -0.2) is 0 Å². The van der Waals surface area contributed by atoms with Crippen molar-refractivity contribution < 1.29 is 14.5 Å². The van der Waals surface area contributed by atoms with Crippen molar-refractivity contribution in [1.82, 2.24) is 0 Å². The zero-order chi connectivity index (χ0) is 13.0. The number of hydrogen-bond acceptors (Lipinski definition) is 2. The maximum atomic E-state index is 5.56. The molecule has 0 bridgehead atoms. The average Bonchev–Trinajstić information content (AvgIpc) is 2.82. The Bertz CT molecular complexity index is 487. The Kier molecular flexibility index (Phi) is 4.05. The predicted molar refractivity (Wildman–Crippen MR) is 70.5 cm³/mol. The van der Waals surface area contributed by atoms with Crippen LogP contribution in [0.3, 0.4) is 0 Å². The topological polar surface area (TPSA) is 39.0 Å². The molecule has 1 atom stereocenters. The minimum absolute atomic E-state index is 0.404. The second kappa shape index (κ2) is 5.74. The standard InChI is InChI=1S/C15H19NO2/c1-11-4-7-15(18-11)10-16-12(2)13-5-8-14(17-3)9-6-13/h4-9,12,16H,10H2,1-3H3/p+1/t12-/m0/s1. The summed E-state index contributed by atoms with van der Waals surface area (Å²) in [5, 5.41) is 2.26. The van der Waals surface area contributed by atoms with Gasteiger partial charge < -0.3 is 14.5 Å². The highest BCUT2D eigenvalue weighted by atomic mass is 16.5. The van der Waals surface area contributed by atoms with Gasteiger partial charge in [0.25, 0.3) is 0 Å². The van der Waals surface area contributed by atoms with Gasteiger partial charge in [-0.2, -0.15) is 0 Å². The fourth-order valence-corrected chi connectivity index (χ4v) is 1.93. The van der Waals surface area contributed by atoms with Gasteiger partial charge >= 0.3 is 0 Å². The van der Waals surface area contributed by atoms with Crippen LogP contribution in [0.2, 0.25) is 0 Å². The van der Waals surface area contributed by atoms with Gasteiger partial charge in [0, 0.05) is 5.56 Å². The highest BCUT2D eigenvalue weighted by molar-refractivity contribution is 5.27. The molecule has 0 radical (unpaired) electrons. The first-order valence-corrected chi connectivity index (χ1v) is 6.21. The molecular weight excluding hydrogens is 226 g/mol. The molecule has 96 valence electrons. The number of furan rings is 1. The minimum atomic E-state index is 0.404. The molecule has 0 saturated carbocycles. The van der Waals surface area contributed by atoms with Crippen LogP contribution in [0.25, 0.3) is 0 Å². The van der Waals surface area contributed by atoms with Gasteiger partial charge in [-0.15, -0.1) is 0 Å². The van der Waals surface area contributed by atoms with E-state index in [4.69, 9.17) is 9.15 Å². The van der Waals surface area contributed by atoms with Crippen molar-refractivity contribution in [1.29, 1.82) is 0 Å². The molecule has 0 saturated heterocycles. The molecule has 3 heteroatoms. The maximum Gasteiger partial charge on any atom is 0.158 e. The first kappa shape index (κ1) is 12.7. The fraction of sp³-hybridized carbons (Fsp3) is 0.333. The Morgan fingerprint density at radius 1 is 1.17 bits per heavy atom. The molecule has 2 N–H and O–H groups in total. The number of quaternary nitrogens is 1. The Labute approximate surface area is 108 Å².